The van der Waals surface area contributed by atoms with Crippen LogP contribution in [0.25, 0.3) is 11.1 Å². The minimum atomic E-state index is -4.56. The summed E-state index contributed by atoms with van der Waals surface area (Å²) < 4.78 is 39.2. The lowest BCUT2D eigenvalue weighted by molar-refractivity contribution is -0.189. The smallest absolute Gasteiger partial charge is 0.403 e. The van der Waals surface area contributed by atoms with Gasteiger partial charge in [0.15, 0.2) is 0 Å². The number of halogens is 3. The molecule has 1 saturated carbocycles. The fourth-order valence-corrected chi connectivity index (χ4v) is 2.82. The predicted octanol–water partition coefficient (Wildman–Crippen LogP) is 4.64. The highest BCUT2D eigenvalue weighted by molar-refractivity contribution is 5.98. The highest BCUT2D eigenvalue weighted by atomic mass is 19.4. The first-order chi connectivity index (χ1) is 12.1. The van der Waals surface area contributed by atoms with Crippen LogP contribution in [0.5, 0.6) is 0 Å². The lowest BCUT2D eigenvalue weighted by Gasteiger charge is -2.19. The van der Waals surface area contributed by atoms with Crippen molar-refractivity contribution in [3.8, 4) is 11.1 Å². The van der Waals surface area contributed by atoms with Crippen molar-refractivity contribution in [3.63, 3.8) is 0 Å². The highest BCUT2D eigenvalue weighted by Crippen LogP contribution is 2.58. The van der Waals surface area contributed by atoms with E-state index in [1.165, 1.54) is 12.1 Å². The molecule has 136 valence electrons. The molecule has 1 fully saturated rings. The lowest BCUT2D eigenvalue weighted by atomic mass is 9.98. The van der Waals surface area contributed by atoms with Gasteiger partial charge in [0.25, 0.3) is 0 Å². The zero-order valence-corrected chi connectivity index (χ0v) is 13.9. The number of hydrogen-bond donors (Lipinski definition) is 2. The Morgan fingerprint density at radius 1 is 1.08 bits per heavy atom. The summed E-state index contributed by atoms with van der Waals surface area (Å²) >= 11 is 0. The van der Waals surface area contributed by atoms with Gasteiger partial charge in [0, 0.05) is 5.69 Å². The number of alkyl halides is 3. The molecule has 1 aliphatic rings. The minimum absolute atomic E-state index is 0.136. The second kappa shape index (κ2) is 6.16. The van der Waals surface area contributed by atoms with Crippen LogP contribution in [0.3, 0.4) is 0 Å². The van der Waals surface area contributed by atoms with Crippen molar-refractivity contribution in [2.75, 3.05) is 5.32 Å². The number of amides is 1. The molecule has 0 saturated heterocycles. The second-order valence-electron chi connectivity index (χ2n) is 6.45. The molecule has 3 rings (SSSR count). The molecule has 0 radical (unpaired) electrons. The Morgan fingerprint density at radius 3 is 2.19 bits per heavy atom. The molecule has 4 nitrogen and oxygen atoms in total. The summed E-state index contributed by atoms with van der Waals surface area (Å²) in [7, 11) is 0. The van der Waals surface area contributed by atoms with Gasteiger partial charge in [0.2, 0.25) is 5.91 Å². The van der Waals surface area contributed by atoms with Crippen LogP contribution in [0, 0.1) is 12.3 Å². The summed E-state index contributed by atoms with van der Waals surface area (Å²) in [6, 6.07) is 11.0. The fourth-order valence-electron chi connectivity index (χ4n) is 2.82. The van der Waals surface area contributed by atoms with Gasteiger partial charge >= 0.3 is 12.1 Å². The number of aryl methyl sites for hydroxylation is 1. The van der Waals surface area contributed by atoms with Gasteiger partial charge in [-0.15, -0.1) is 0 Å². The van der Waals surface area contributed by atoms with Crippen molar-refractivity contribution in [3.05, 3.63) is 53.6 Å². The summed E-state index contributed by atoms with van der Waals surface area (Å²) in [5.74, 6) is -2.09. The Bertz CT molecular complexity index is 869. The maximum absolute atomic E-state index is 13.1. The fraction of sp³-hybridized carbons (Fsp3) is 0.263. The molecule has 0 aliphatic heterocycles. The number of carbonyl (C=O) groups excluding carboxylic acids is 1. The maximum Gasteiger partial charge on any atom is 0.403 e. The summed E-state index contributed by atoms with van der Waals surface area (Å²) in [6.07, 6.45) is -4.95. The van der Waals surface area contributed by atoms with Gasteiger partial charge in [-0.1, -0.05) is 18.2 Å². The number of carbonyl (C=O) groups is 2. The number of carboxylic acids is 1. The third kappa shape index (κ3) is 3.16. The molecule has 7 heteroatoms. The summed E-state index contributed by atoms with van der Waals surface area (Å²) in [5, 5.41) is 11.3. The minimum Gasteiger partial charge on any atom is -0.478 e. The van der Waals surface area contributed by atoms with E-state index in [0.717, 1.165) is 5.56 Å². The zero-order chi connectivity index (χ0) is 19.1. The Hall–Kier alpha value is -2.83. The largest absolute Gasteiger partial charge is 0.478 e. The third-order valence-corrected chi connectivity index (χ3v) is 4.67. The Kier molecular flexibility index (Phi) is 4.26. The van der Waals surface area contributed by atoms with Gasteiger partial charge < -0.3 is 10.4 Å². The van der Waals surface area contributed by atoms with Crippen molar-refractivity contribution in [2.45, 2.75) is 25.9 Å². The topological polar surface area (TPSA) is 66.4 Å². The van der Waals surface area contributed by atoms with Crippen molar-refractivity contribution in [1.29, 1.82) is 0 Å². The van der Waals surface area contributed by atoms with E-state index in [9.17, 15) is 22.8 Å². The molecule has 0 bridgehead atoms. The Labute approximate surface area is 147 Å². The van der Waals surface area contributed by atoms with Crippen molar-refractivity contribution < 1.29 is 27.9 Å². The Morgan fingerprint density at radius 2 is 1.69 bits per heavy atom. The standard InChI is InChI=1S/C19H16F3NO3/c1-11-2-7-14(23-17(26)18(8-9-18)19(20,21)22)10-15(11)12-3-5-13(6-4-12)16(24)25/h2-7,10H,8-9H2,1H3,(H,23,26)(H,24,25). The van der Waals surface area contributed by atoms with E-state index in [4.69, 9.17) is 5.11 Å². The van der Waals surface area contributed by atoms with E-state index in [2.05, 4.69) is 5.32 Å². The van der Waals surface area contributed by atoms with E-state index in [1.807, 2.05) is 6.92 Å². The molecule has 1 amide bonds. The quantitative estimate of drug-likeness (QED) is 0.832. The Balaban J connectivity index is 1.86. The number of benzene rings is 2. The van der Waals surface area contributed by atoms with Crippen molar-refractivity contribution >= 4 is 17.6 Å². The molecule has 26 heavy (non-hydrogen) atoms. The molecule has 0 aromatic heterocycles. The monoisotopic (exact) mass is 363 g/mol. The summed E-state index contributed by atoms with van der Waals surface area (Å²) in [4.78, 5) is 23.0. The molecule has 1 aliphatic carbocycles. The van der Waals surface area contributed by atoms with E-state index < -0.39 is 23.5 Å². The molecule has 0 unspecified atom stereocenters. The van der Waals surface area contributed by atoms with E-state index in [0.29, 0.717) is 11.1 Å². The van der Waals surface area contributed by atoms with Crippen LogP contribution in [0.4, 0.5) is 18.9 Å². The van der Waals surface area contributed by atoms with Crippen molar-refractivity contribution in [2.24, 2.45) is 5.41 Å². The van der Waals surface area contributed by atoms with E-state index >= 15 is 0 Å². The molecular formula is C19H16F3NO3. The van der Waals surface area contributed by atoms with Gasteiger partial charge in [-0.25, -0.2) is 4.79 Å². The van der Waals surface area contributed by atoms with Crippen LogP contribution >= 0.6 is 0 Å². The van der Waals surface area contributed by atoms with Gasteiger partial charge in [-0.2, -0.15) is 13.2 Å². The number of hydrogen-bond acceptors (Lipinski definition) is 2. The highest BCUT2D eigenvalue weighted by Gasteiger charge is 2.68. The van der Waals surface area contributed by atoms with Crippen LogP contribution < -0.4 is 5.32 Å². The molecule has 0 atom stereocenters. The first kappa shape index (κ1) is 18.0. The van der Waals surface area contributed by atoms with Gasteiger partial charge in [-0.05, 0) is 60.7 Å². The molecule has 2 aromatic rings. The van der Waals surface area contributed by atoms with E-state index in [1.54, 1.807) is 30.3 Å². The first-order valence-electron chi connectivity index (χ1n) is 7.97. The van der Waals surface area contributed by atoms with Crippen LogP contribution in [-0.4, -0.2) is 23.2 Å². The van der Waals surface area contributed by atoms with Crippen LogP contribution in [0.1, 0.15) is 28.8 Å². The number of anilines is 1. The van der Waals surface area contributed by atoms with E-state index in [-0.39, 0.29) is 24.1 Å². The third-order valence-electron chi connectivity index (χ3n) is 4.67. The van der Waals surface area contributed by atoms with Crippen LogP contribution in [0.2, 0.25) is 0 Å². The normalized spacial score (nSPS) is 15.4. The molecular weight excluding hydrogens is 347 g/mol. The average molecular weight is 363 g/mol. The van der Waals surface area contributed by atoms with Crippen LogP contribution in [0.15, 0.2) is 42.5 Å². The average Bonchev–Trinajstić information content (AvgIpc) is 3.38. The van der Waals surface area contributed by atoms with Gasteiger partial charge in [0.1, 0.15) is 5.41 Å². The summed E-state index contributed by atoms with van der Waals surface area (Å²) in [5.41, 5.74) is 0.395. The molecule has 0 spiro atoms. The SMILES string of the molecule is Cc1ccc(NC(=O)C2(C(F)(F)F)CC2)cc1-c1ccc(C(=O)O)cc1. The van der Waals surface area contributed by atoms with Gasteiger partial charge in [0.05, 0.1) is 5.56 Å². The van der Waals surface area contributed by atoms with Crippen LogP contribution in [-0.2, 0) is 4.79 Å². The molecule has 2 N–H and O–H groups in total. The molecule has 2 aromatic carbocycles. The maximum atomic E-state index is 13.1. The second-order valence-corrected chi connectivity index (χ2v) is 6.45. The number of nitrogens with one attached hydrogen (secondary N) is 1. The molecule has 0 heterocycles. The predicted molar refractivity (Wildman–Crippen MR) is 89.9 cm³/mol. The first-order valence-corrected chi connectivity index (χ1v) is 7.97. The number of aromatic carboxylic acids is 1. The summed E-state index contributed by atoms with van der Waals surface area (Å²) in [6.45, 7) is 1.82. The zero-order valence-electron chi connectivity index (χ0n) is 13.9. The van der Waals surface area contributed by atoms with Gasteiger partial charge in [-0.3, -0.25) is 4.79 Å². The lowest BCUT2D eigenvalue weighted by Crippen LogP contribution is -2.36. The number of rotatable bonds is 4. The van der Waals surface area contributed by atoms with Crippen molar-refractivity contribution in [1.82, 2.24) is 0 Å². The number of carboxylic acid groups (broad SMARTS) is 1.